The van der Waals surface area contributed by atoms with Crippen molar-refractivity contribution >= 4 is 5.82 Å². The number of hydrogen-bond acceptors (Lipinski definition) is 5. The molecule has 0 aliphatic carbocycles. The average molecular weight is 265 g/mol. The number of nitrogens with one attached hydrogen (secondary N) is 1. The summed E-state index contributed by atoms with van der Waals surface area (Å²) in [7, 11) is 0. The van der Waals surface area contributed by atoms with Gasteiger partial charge in [0.15, 0.2) is 0 Å². The van der Waals surface area contributed by atoms with Crippen molar-refractivity contribution < 1.29 is 9.47 Å². The predicted molar refractivity (Wildman–Crippen MR) is 74.9 cm³/mol. The Bertz CT molecular complexity index is 431. The zero-order valence-corrected chi connectivity index (χ0v) is 12.2. The normalized spacial score (nSPS) is 15.4. The molecule has 1 fully saturated rings. The van der Waals surface area contributed by atoms with Gasteiger partial charge in [0.2, 0.25) is 5.88 Å². The molecule has 1 N–H and O–H groups in total. The van der Waals surface area contributed by atoms with E-state index in [9.17, 15) is 0 Å². The number of nitrogens with zero attached hydrogens (tertiary/aromatic N) is 2. The molecule has 5 heteroatoms. The first kappa shape index (κ1) is 14.1. The van der Waals surface area contributed by atoms with Gasteiger partial charge in [-0.1, -0.05) is 20.8 Å². The van der Waals surface area contributed by atoms with E-state index in [1.54, 1.807) is 0 Å². The van der Waals surface area contributed by atoms with Gasteiger partial charge in [-0.05, 0) is 13.3 Å². The maximum Gasteiger partial charge on any atom is 0.222 e. The number of anilines is 1. The highest BCUT2D eigenvalue weighted by atomic mass is 16.6. The molecule has 0 spiro atoms. The van der Waals surface area contributed by atoms with Crippen LogP contribution in [0.4, 0.5) is 5.82 Å². The van der Waals surface area contributed by atoms with E-state index in [-0.39, 0.29) is 12.0 Å². The van der Waals surface area contributed by atoms with E-state index < -0.39 is 0 Å². The highest BCUT2D eigenvalue weighted by Gasteiger charge is 2.23. The van der Waals surface area contributed by atoms with Crippen LogP contribution in [0.2, 0.25) is 0 Å². The topological polar surface area (TPSA) is 56.3 Å². The molecule has 1 aliphatic heterocycles. The van der Waals surface area contributed by atoms with E-state index in [2.05, 4.69) is 36.1 Å². The standard InChI is InChI=1S/C14H23N3O2/c1-5-6-15-13-10(4)14(19-11-7-18-8-11)17-12(16-13)9(2)3/h9,11H,5-8H2,1-4H3,(H,15,16,17). The van der Waals surface area contributed by atoms with E-state index in [0.717, 1.165) is 30.2 Å². The summed E-state index contributed by atoms with van der Waals surface area (Å²) >= 11 is 0. The van der Waals surface area contributed by atoms with E-state index in [0.29, 0.717) is 19.1 Å². The summed E-state index contributed by atoms with van der Waals surface area (Å²) in [6.45, 7) is 10.5. The van der Waals surface area contributed by atoms with Crippen LogP contribution < -0.4 is 10.1 Å². The Balaban J connectivity index is 2.24. The predicted octanol–water partition coefficient (Wildman–Crippen LogP) is 2.51. The molecular formula is C14H23N3O2. The SMILES string of the molecule is CCCNc1nc(C(C)C)nc(OC2COC2)c1C. The van der Waals surface area contributed by atoms with Crippen LogP contribution in [0.3, 0.4) is 0 Å². The van der Waals surface area contributed by atoms with Gasteiger partial charge in [0.25, 0.3) is 0 Å². The van der Waals surface area contributed by atoms with Crippen molar-refractivity contribution in [2.45, 2.75) is 46.1 Å². The van der Waals surface area contributed by atoms with Crippen molar-refractivity contribution in [2.75, 3.05) is 25.1 Å². The summed E-state index contributed by atoms with van der Waals surface area (Å²) in [5, 5.41) is 3.35. The molecule has 0 radical (unpaired) electrons. The fraction of sp³-hybridized carbons (Fsp3) is 0.714. The number of ether oxygens (including phenoxy) is 2. The Kier molecular flexibility index (Phi) is 4.58. The maximum absolute atomic E-state index is 5.88. The highest BCUT2D eigenvalue weighted by Crippen LogP contribution is 2.26. The Labute approximate surface area is 114 Å². The monoisotopic (exact) mass is 265 g/mol. The quantitative estimate of drug-likeness (QED) is 0.856. The molecule has 0 amide bonds. The number of aromatic nitrogens is 2. The second-order valence-corrected chi connectivity index (χ2v) is 5.22. The molecule has 1 saturated heterocycles. The van der Waals surface area contributed by atoms with E-state index in [4.69, 9.17) is 9.47 Å². The zero-order valence-electron chi connectivity index (χ0n) is 12.2. The van der Waals surface area contributed by atoms with Gasteiger partial charge < -0.3 is 14.8 Å². The molecule has 0 unspecified atom stereocenters. The van der Waals surface area contributed by atoms with Gasteiger partial charge in [0.1, 0.15) is 17.7 Å². The Morgan fingerprint density at radius 1 is 1.37 bits per heavy atom. The van der Waals surface area contributed by atoms with Gasteiger partial charge in [-0.3, -0.25) is 0 Å². The van der Waals surface area contributed by atoms with Crippen LogP contribution in [0.15, 0.2) is 0 Å². The zero-order chi connectivity index (χ0) is 13.8. The van der Waals surface area contributed by atoms with E-state index in [1.165, 1.54) is 0 Å². The number of hydrogen-bond donors (Lipinski definition) is 1. The molecule has 2 heterocycles. The molecule has 19 heavy (non-hydrogen) atoms. The third-order valence-electron chi connectivity index (χ3n) is 3.06. The largest absolute Gasteiger partial charge is 0.469 e. The lowest BCUT2D eigenvalue weighted by Crippen LogP contribution is -2.39. The Hall–Kier alpha value is -1.36. The Morgan fingerprint density at radius 2 is 2.11 bits per heavy atom. The van der Waals surface area contributed by atoms with Crippen molar-refractivity contribution in [1.29, 1.82) is 0 Å². The van der Waals surface area contributed by atoms with Crippen molar-refractivity contribution in [1.82, 2.24) is 9.97 Å². The molecule has 5 nitrogen and oxygen atoms in total. The minimum absolute atomic E-state index is 0.132. The molecule has 1 aliphatic rings. The lowest BCUT2D eigenvalue weighted by atomic mass is 10.2. The third kappa shape index (κ3) is 3.35. The second kappa shape index (κ2) is 6.19. The van der Waals surface area contributed by atoms with Gasteiger partial charge in [-0.25, -0.2) is 4.98 Å². The minimum atomic E-state index is 0.132. The maximum atomic E-state index is 5.88. The fourth-order valence-corrected chi connectivity index (χ4v) is 1.74. The summed E-state index contributed by atoms with van der Waals surface area (Å²) in [6.07, 6.45) is 1.19. The summed E-state index contributed by atoms with van der Waals surface area (Å²) in [6, 6.07) is 0. The lowest BCUT2D eigenvalue weighted by molar-refractivity contribution is -0.0816. The molecule has 106 valence electrons. The third-order valence-corrected chi connectivity index (χ3v) is 3.06. The summed E-state index contributed by atoms with van der Waals surface area (Å²) in [5.74, 6) is 2.67. The van der Waals surface area contributed by atoms with Crippen LogP contribution in [0, 0.1) is 6.92 Å². The van der Waals surface area contributed by atoms with Gasteiger partial charge >= 0.3 is 0 Å². The fourth-order valence-electron chi connectivity index (χ4n) is 1.74. The first-order valence-electron chi connectivity index (χ1n) is 6.98. The van der Waals surface area contributed by atoms with Gasteiger partial charge in [0, 0.05) is 12.5 Å². The van der Waals surface area contributed by atoms with Crippen LogP contribution in [0.25, 0.3) is 0 Å². The molecule has 0 aromatic carbocycles. The van der Waals surface area contributed by atoms with Crippen molar-refractivity contribution in [3.8, 4) is 5.88 Å². The van der Waals surface area contributed by atoms with Crippen molar-refractivity contribution in [3.63, 3.8) is 0 Å². The van der Waals surface area contributed by atoms with Crippen LogP contribution in [0.1, 0.15) is 44.5 Å². The first-order valence-corrected chi connectivity index (χ1v) is 6.98. The van der Waals surface area contributed by atoms with Crippen LogP contribution in [-0.2, 0) is 4.74 Å². The van der Waals surface area contributed by atoms with Crippen LogP contribution >= 0.6 is 0 Å². The van der Waals surface area contributed by atoms with Gasteiger partial charge in [0.05, 0.1) is 18.8 Å². The van der Waals surface area contributed by atoms with Crippen molar-refractivity contribution in [3.05, 3.63) is 11.4 Å². The molecular weight excluding hydrogens is 242 g/mol. The minimum Gasteiger partial charge on any atom is -0.469 e. The Morgan fingerprint density at radius 3 is 2.63 bits per heavy atom. The van der Waals surface area contributed by atoms with E-state index in [1.807, 2.05) is 6.92 Å². The van der Waals surface area contributed by atoms with Crippen molar-refractivity contribution in [2.24, 2.45) is 0 Å². The molecule has 1 aromatic heterocycles. The van der Waals surface area contributed by atoms with E-state index >= 15 is 0 Å². The lowest BCUT2D eigenvalue weighted by Gasteiger charge is -2.27. The summed E-state index contributed by atoms with van der Waals surface area (Å²) in [4.78, 5) is 9.12. The smallest absolute Gasteiger partial charge is 0.222 e. The van der Waals surface area contributed by atoms with Crippen LogP contribution in [-0.4, -0.2) is 35.8 Å². The second-order valence-electron chi connectivity index (χ2n) is 5.22. The highest BCUT2D eigenvalue weighted by molar-refractivity contribution is 5.48. The molecule has 0 bridgehead atoms. The molecule has 0 atom stereocenters. The molecule has 1 aromatic rings. The molecule has 2 rings (SSSR count). The van der Waals surface area contributed by atoms with Gasteiger partial charge in [-0.15, -0.1) is 0 Å². The van der Waals surface area contributed by atoms with Crippen LogP contribution in [0.5, 0.6) is 5.88 Å². The van der Waals surface area contributed by atoms with Gasteiger partial charge in [-0.2, -0.15) is 4.98 Å². The summed E-state index contributed by atoms with van der Waals surface area (Å²) < 4.78 is 11.0. The first-order chi connectivity index (χ1) is 9.11. The molecule has 0 saturated carbocycles. The number of rotatable bonds is 6. The summed E-state index contributed by atoms with van der Waals surface area (Å²) in [5.41, 5.74) is 0.977. The average Bonchev–Trinajstić information content (AvgIpc) is 2.33.